The fourth-order valence-electron chi connectivity index (χ4n) is 7.10. The highest BCUT2D eigenvalue weighted by Crippen LogP contribution is 2.39. The predicted molar refractivity (Wildman–Crippen MR) is 210 cm³/mol. The lowest BCUT2D eigenvalue weighted by Gasteiger charge is -2.43. The summed E-state index contributed by atoms with van der Waals surface area (Å²) in [6.45, 7) is 21.8. The summed E-state index contributed by atoms with van der Waals surface area (Å²) >= 11 is 0. The third kappa shape index (κ3) is 10.6. The largest absolute Gasteiger partial charge is 0.444 e. The molecule has 1 aromatic heterocycles. The van der Waals surface area contributed by atoms with Gasteiger partial charge in [-0.15, -0.1) is 0 Å². The minimum Gasteiger partial charge on any atom is -0.444 e. The molecule has 0 spiro atoms. The van der Waals surface area contributed by atoms with Crippen molar-refractivity contribution in [1.29, 1.82) is 0 Å². The molecule has 2 aromatic rings. The lowest BCUT2D eigenvalue weighted by atomic mass is 9.91. The molecule has 4 heterocycles. The van der Waals surface area contributed by atoms with Crippen molar-refractivity contribution in [3.8, 4) is 5.69 Å². The standard InChI is InChI=1S/C40H60N8O8/c1-37(2,3)32-48(36(53)56-39(7,8)9)40(10,26-54-32)31(49)45-21-23-46(24-22-45)33(50)42-30-17-20-47(34(51)43-30)29-13-11-27(12-14-29)25-44-18-15-28(16-19-44)41-35(52)55-38(4,5)6/h11-14,17,20,28,32H,15-16,18-19,21-26H2,1-10H3,(H,41,52)(H,42,43,50,51)/t32-,40+/m1/s1. The number of carbonyl (C=O) groups excluding carboxylic acids is 4. The molecule has 3 fully saturated rings. The van der Waals surface area contributed by atoms with Crippen molar-refractivity contribution < 1.29 is 33.4 Å². The number of urea groups is 1. The number of piperidine rings is 1. The third-order valence-corrected chi connectivity index (χ3v) is 9.90. The Morgan fingerprint density at radius 2 is 1.43 bits per heavy atom. The van der Waals surface area contributed by atoms with Crippen LogP contribution in [0.5, 0.6) is 0 Å². The molecule has 2 N–H and O–H groups in total. The number of hydrogen-bond donors (Lipinski definition) is 2. The van der Waals surface area contributed by atoms with Gasteiger partial charge in [-0.1, -0.05) is 32.9 Å². The van der Waals surface area contributed by atoms with E-state index >= 15 is 0 Å². The molecule has 0 bridgehead atoms. The van der Waals surface area contributed by atoms with Crippen molar-refractivity contribution in [1.82, 2.24) is 34.5 Å². The highest BCUT2D eigenvalue weighted by molar-refractivity contribution is 5.91. The van der Waals surface area contributed by atoms with Crippen LogP contribution in [0.3, 0.4) is 0 Å². The first-order valence-electron chi connectivity index (χ1n) is 19.4. The van der Waals surface area contributed by atoms with Crippen molar-refractivity contribution in [2.24, 2.45) is 5.41 Å². The highest BCUT2D eigenvalue weighted by Gasteiger charge is 2.57. The van der Waals surface area contributed by atoms with Crippen molar-refractivity contribution in [2.75, 3.05) is 51.2 Å². The maximum atomic E-state index is 14.0. The number of ether oxygens (including phenoxy) is 3. The van der Waals surface area contributed by atoms with Gasteiger partial charge >= 0.3 is 23.9 Å². The van der Waals surface area contributed by atoms with Crippen LogP contribution in [-0.2, 0) is 25.5 Å². The molecule has 308 valence electrons. The fourth-order valence-corrected chi connectivity index (χ4v) is 7.10. The number of nitrogens with zero attached hydrogens (tertiary/aromatic N) is 6. The van der Waals surface area contributed by atoms with Gasteiger partial charge in [0.05, 0.1) is 12.3 Å². The van der Waals surface area contributed by atoms with Crippen molar-refractivity contribution in [3.05, 3.63) is 52.6 Å². The second-order valence-corrected chi connectivity index (χ2v) is 18.2. The van der Waals surface area contributed by atoms with E-state index in [4.69, 9.17) is 14.2 Å². The van der Waals surface area contributed by atoms with Gasteiger partial charge in [-0.05, 0) is 85.1 Å². The van der Waals surface area contributed by atoms with Gasteiger partial charge in [0.15, 0.2) is 0 Å². The summed E-state index contributed by atoms with van der Waals surface area (Å²) in [6, 6.07) is 8.90. The molecule has 3 aliphatic heterocycles. The number of carbonyl (C=O) groups is 4. The smallest absolute Gasteiger partial charge is 0.413 e. The maximum Gasteiger partial charge on any atom is 0.413 e. The Morgan fingerprint density at radius 3 is 1.98 bits per heavy atom. The summed E-state index contributed by atoms with van der Waals surface area (Å²) in [4.78, 5) is 76.9. The Hall–Kier alpha value is -4.70. The number of nitrogens with one attached hydrogen (secondary N) is 2. The molecule has 1 aromatic carbocycles. The monoisotopic (exact) mass is 780 g/mol. The molecule has 16 heteroatoms. The molecular formula is C40H60N8O8. The van der Waals surface area contributed by atoms with Gasteiger partial charge in [-0.2, -0.15) is 4.98 Å². The van der Waals surface area contributed by atoms with E-state index in [1.807, 2.05) is 65.8 Å². The molecule has 16 nitrogen and oxygen atoms in total. The summed E-state index contributed by atoms with van der Waals surface area (Å²) in [5, 5.41) is 5.68. The van der Waals surface area contributed by atoms with Crippen LogP contribution in [0.4, 0.5) is 20.2 Å². The van der Waals surface area contributed by atoms with Crippen LogP contribution in [-0.4, -0.2) is 128 Å². The minimum atomic E-state index is -1.29. The van der Waals surface area contributed by atoms with Crippen LogP contribution in [0.1, 0.15) is 87.6 Å². The van der Waals surface area contributed by atoms with Crippen molar-refractivity contribution in [3.63, 3.8) is 0 Å². The number of benzene rings is 1. The Morgan fingerprint density at radius 1 is 0.839 bits per heavy atom. The second kappa shape index (κ2) is 16.4. The zero-order chi connectivity index (χ0) is 41.2. The molecule has 0 saturated carbocycles. The normalized spacial score (nSPS) is 21.5. The van der Waals surface area contributed by atoms with E-state index in [9.17, 15) is 24.0 Å². The molecule has 3 aliphatic rings. The van der Waals surface area contributed by atoms with Crippen LogP contribution < -0.4 is 16.3 Å². The van der Waals surface area contributed by atoms with Crippen LogP contribution in [0, 0.1) is 5.41 Å². The molecule has 5 rings (SSSR count). The van der Waals surface area contributed by atoms with E-state index in [1.165, 1.54) is 9.47 Å². The molecule has 2 atom stereocenters. The van der Waals surface area contributed by atoms with Crippen molar-refractivity contribution in [2.45, 2.75) is 118 Å². The van der Waals surface area contributed by atoms with Gasteiger partial charge in [0.2, 0.25) is 0 Å². The molecule has 0 radical (unpaired) electrons. The average Bonchev–Trinajstić information content (AvgIpc) is 3.47. The third-order valence-electron chi connectivity index (χ3n) is 9.90. The first-order valence-corrected chi connectivity index (χ1v) is 19.4. The van der Waals surface area contributed by atoms with E-state index in [0.717, 1.165) is 38.0 Å². The van der Waals surface area contributed by atoms with Crippen LogP contribution in [0.15, 0.2) is 41.3 Å². The molecule has 3 saturated heterocycles. The number of piperazine rings is 1. The summed E-state index contributed by atoms with van der Waals surface area (Å²) < 4.78 is 18.6. The number of amides is 5. The summed E-state index contributed by atoms with van der Waals surface area (Å²) in [5.74, 6) is -0.157. The molecule has 5 amide bonds. The number of hydrogen-bond acceptors (Lipinski definition) is 10. The van der Waals surface area contributed by atoms with Gasteiger partial charge in [0.25, 0.3) is 5.91 Å². The molecule has 56 heavy (non-hydrogen) atoms. The van der Waals surface area contributed by atoms with E-state index < -0.39 is 46.2 Å². The summed E-state index contributed by atoms with van der Waals surface area (Å²) in [5.41, 5.74) is -1.86. The summed E-state index contributed by atoms with van der Waals surface area (Å²) in [7, 11) is 0. The van der Waals surface area contributed by atoms with Crippen molar-refractivity contribution >= 4 is 29.9 Å². The van der Waals surface area contributed by atoms with Gasteiger partial charge in [-0.3, -0.25) is 24.5 Å². The fraction of sp³-hybridized carbons (Fsp3) is 0.650. The minimum absolute atomic E-state index is 0.0199. The van der Waals surface area contributed by atoms with Crippen LogP contribution in [0.25, 0.3) is 5.69 Å². The van der Waals surface area contributed by atoms with E-state index in [-0.39, 0.29) is 56.6 Å². The first-order chi connectivity index (χ1) is 26.0. The van der Waals surface area contributed by atoms with Crippen LogP contribution in [0.2, 0.25) is 0 Å². The molecule has 0 aliphatic carbocycles. The number of aromatic nitrogens is 2. The lowest BCUT2D eigenvalue weighted by Crippen LogP contribution is -2.64. The Labute approximate surface area is 329 Å². The van der Waals surface area contributed by atoms with Gasteiger partial charge < -0.3 is 29.3 Å². The first kappa shape index (κ1) is 42.4. The van der Waals surface area contributed by atoms with Gasteiger partial charge in [-0.25, -0.2) is 19.2 Å². The maximum absolute atomic E-state index is 14.0. The Balaban J connectivity index is 1.12. The lowest BCUT2D eigenvalue weighted by molar-refractivity contribution is -0.144. The van der Waals surface area contributed by atoms with E-state index in [2.05, 4.69) is 20.5 Å². The zero-order valence-electron chi connectivity index (χ0n) is 34.6. The van der Waals surface area contributed by atoms with Crippen LogP contribution >= 0.6 is 0 Å². The average molecular weight is 781 g/mol. The second-order valence-electron chi connectivity index (χ2n) is 18.2. The SMILES string of the molecule is CC(C)(C)OC(=O)NC1CCN(Cc2ccc(-n3ccc(NC(=O)N4CCN(C(=O)[C@]5(C)CO[C@H](C(C)(C)C)N5C(=O)OC(C)(C)C)CC4)nc3=O)cc2)CC1. The number of rotatable bonds is 6. The number of likely N-dealkylation sites (tertiary alicyclic amines) is 1. The van der Waals surface area contributed by atoms with Gasteiger partial charge in [0, 0.05) is 63.5 Å². The quantitative estimate of drug-likeness (QED) is 0.416. The van der Waals surface area contributed by atoms with Gasteiger partial charge in [0.1, 0.15) is 28.8 Å². The summed E-state index contributed by atoms with van der Waals surface area (Å²) in [6.07, 6.45) is 1.57. The predicted octanol–water partition coefficient (Wildman–Crippen LogP) is 4.80. The number of alkyl carbamates (subject to hydrolysis) is 1. The Bertz CT molecular complexity index is 1800. The van der Waals surface area contributed by atoms with E-state index in [0.29, 0.717) is 5.69 Å². The topological polar surface area (TPSA) is 168 Å². The highest BCUT2D eigenvalue weighted by atomic mass is 16.6. The zero-order valence-corrected chi connectivity index (χ0v) is 34.6. The number of anilines is 1. The molecular weight excluding hydrogens is 720 g/mol. The Kier molecular flexibility index (Phi) is 12.4. The van der Waals surface area contributed by atoms with E-state index in [1.54, 1.807) is 49.8 Å². The molecule has 0 unspecified atom stereocenters.